The highest BCUT2D eigenvalue weighted by Gasteiger charge is 2.13. The van der Waals surface area contributed by atoms with Gasteiger partial charge in [0, 0.05) is 22.3 Å². The molecule has 3 aromatic rings. The summed E-state index contributed by atoms with van der Waals surface area (Å²) in [5, 5.41) is 1.20. The first kappa shape index (κ1) is 14.7. The third-order valence-corrected chi connectivity index (χ3v) is 3.93. The molecule has 0 amide bonds. The SMILES string of the molecule is Cc1ccc2nc(CCCl)n(-c3cc(Cl)cc(Cl)c3)c2c1. The summed E-state index contributed by atoms with van der Waals surface area (Å²) in [7, 11) is 0. The highest BCUT2D eigenvalue weighted by Crippen LogP contribution is 2.27. The molecule has 0 saturated carbocycles. The average Bonchev–Trinajstić information content (AvgIpc) is 2.75. The van der Waals surface area contributed by atoms with Crippen molar-refractivity contribution in [3.8, 4) is 5.69 Å². The maximum atomic E-state index is 6.13. The Morgan fingerprint density at radius 3 is 2.43 bits per heavy atom. The van der Waals surface area contributed by atoms with Crippen LogP contribution in [-0.2, 0) is 6.42 Å². The lowest BCUT2D eigenvalue weighted by atomic mass is 10.2. The van der Waals surface area contributed by atoms with Gasteiger partial charge in [-0.05, 0) is 42.8 Å². The molecule has 0 radical (unpaired) electrons. The number of rotatable bonds is 3. The minimum absolute atomic E-state index is 0.511. The van der Waals surface area contributed by atoms with E-state index in [2.05, 4.69) is 28.6 Å². The summed E-state index contributed by atoms with van der Waals surface area (Å²) in [4.78, 5) is 4.67. The van der Waals surface area contributed by atoms with Crippen LogP contribution in [0.3, 0.4) is 0 Å². The second kappa shape index (κ2) is 5.88. The van der Waals surface area contributed by atoms with Crippen molar-refractivity contribution in [1.82, 2.24) is 9.55 Å². The van der Waals surface area contributed by atoms with Crippen molar-refractivity contribution in [3.63, 3.8) is 0 Å². The van der Waals surface area contributed by atoms with Crippen LogP contribution in [0.5, 0.6) is 0 Å². The van der Waals surface area contributed by atoms with Crippen molar-refractivity contribution >= 4 is 45.8 Å². The smallest absolute Gasteiger partial charge is 0.115 e. The van der Waals surface area contributed by atoms with Crippen LogP contribution in [0.25, 0.3) is 16.7 Å². The van der Waals surface area contributed by atoms with Crippen LogP contribution in [0.2, 0.25) is 10.0 Å². The number of hydrogen-bond donors (Lipinski definition) is 0. The van der Waals surface area contributed by atoms with Crippen molar-refractivity contribution in [2.24, 2.45) is 0 Å². The van der Waals surface area contributed by atoms with Gasteiger partial charge in [-0.15, -0.1) is 11.6 Å². The monoisotopic (exact) mass is 338 g/mol. The first-order chi connectivity index (χ1) is 10.1. The van der Waals surface area contributed by atoms with Gasteiger partial charge in [-0.25, -0.2) is 4.98 Å². The van der Waals surface area contributed by atoms with Crippen LogP contribution in [-0.4, -0.2) is 15.4 Å². The maximum absolute atomic E-state index is 6.13. The Labute approximate surface area is 138 Å². The van der Waals surface area contributed by atoms with Crippen LogP contribution in [0, 0.1) is 6.92 Å². The van der Waals surface area contributed by atoms with Gasteiger partial charge in [-0.1, -0.05) is 29.3 Å². The molecule has 0 saturated heterocycles. The molecule has 0 aliphatic rings. The van der Waals surface area contributed by atoms with Crippen LogP contribution < -0.4 is 0 Å². The summed E-state index contributed by atoms with van der Waals surface area (Å²) in [6.45, 7) is 2.06. The fourth-order valence-electron chi connectivity index (χ4n) is 2.44. The van der Waals surface area contributed by atoms with Gasteiger partial charge in [0.25, 0.3) is 0 Å². The zero-order valence-electron chi connectivity index (χ0n) is 11.4. The fraction of sp³-hybridized carbons (Fsp3) is 0.188. The normalized spacial score (nSPS) is 11.2. The number of fused-ring (bicyclic) bond motifs is 1. The number of alkyl halides is 1. The second-order valence-electron chi connectivity index (χ2n) is 4.92. The van der Waals surface area contributed by atoms with E-state index >= 15 is 0 Å². The quantitative estimate of drug-likeness (QED) is 0.582. The predicted molar refractivity (Wildman–Crippen MR) is 90.3 cm³/mol. The van der Waals surface area contributed by atoms with Gasteiger partial charge in [-0.2, -0.15) is 0 Å². The minimum Gasteiger partial charge on any atom is -0.296 e. The number of imidazole rings is 1. The Morgan fingerprint density at radius 2 is 1.76 bits per heavy atom. The molecular weight excluding hydrogens is 327 g/mol. The van der Waals surface area contributed by atoms with Crippen LogP contribution in [0.15, 0.2) is 36.4 Å². The van der Waals surface area contributed by atoms with Crippen LogP contribution >= 0.6 is 34.8 Å². The lowest BCUT2D eigenvalue weighted by Gasteiger charge is -2.10. The van der Waals surface area contributed by atoms with Crippen molar-refractivity contribution in [2.75, 3.05) is 5.88 Å². The van der Waals surface area contributed by atoms with Crippen molar-refractivity contribution in [3.05, 3.63) is 57.8 Å². The molecular formula is C16H13Cl3N2. The summed E-state index contributed by atoms with van der Waals surface area (Å²) in [6, 6.07) is 11.7. The van der Waals surface area contributed by atoms with E-state index in [-0.39, 0.29) is 0 Å². The zero-order valence-corrected chi connectivity index (χ0v) is 13.7. The molecule has 2 aromatic carbocycles. The van der Waals surface area contributed by atoms with Crippen LogP contribution in [0.4, 0.5) is 0 Å². The molecule has 2 nitrogen and oxygen atoms in total. The average molecular weight is 340 g/mol. The maximum Gasteiger partial charge on any atom is 0.115 e. The van der Waals surface area contributed by atoms with E-state index in [1.807, 2.05) is 18.2 Å². The van der Waals surface area contributed by atoms with E-state index in [4.69, 9.17) is 34.8 Å². The standard InChI is InChI=1S/C16H13Cl3N2/c1-10-2-3-14-15(6-10)21(16(20-14)4-5-17)13-8-11(18)7-12(19)9-13/h2-3,6-9H,4-5H2,1H3. The molecule has 108 valence electrons. The summed E-state index contributed by atoms with van der Waals surface area (Å²) < 4.78 is 2.07. The van der Waals surface area contributed by atoms with Crippen molar-refractivity contribution < 1.29 is 0 Å². The third-order valence-electron chi connectivity index (χ3n) is 3.30. The number of hydrogen-bond acceptors (Lipinski definition) is 1. The number of aryl methyl sites for hydroxylation is 2. The van der Waals surface area contributed by atoms with Gasteiger partial charge in [0.2, 0.25) is 0 Å². The first-order valence-electron chi connectivity index (χ1n) is 6.59. The molecule has 0 bridgehead atoms. The van der Waals surface area contributed by atoms with Crippen molar-refractivity contribution in [2.45, 2.75) is 13.3 Å². The largest absolute Gasteiger partial charge is 0.296 e. The fourth-order valence-corrected chi connectivity index (χ4v) is 3.13. The molecule has 0 atom stereocenters. The molecule has 0 aliphatic heterocycles. The third kappa shape index (κ3) is 2.89. The van der Waals surface area contributed by atoms with Crippen molar-refractivity contribution in [1.29, 1.82) is 0 Å². The Morgan fingerprint density at radius 1 is 1.05 bits per heavy atom. The summed E-state index contributed by atoms with van der Waals surface area (Å²) >= 11 is 18.2. The molecule has 1 aromatic heterocycles. The number of halogens is 3. The summed E-state index contributed by atoms with van der Waals surface area (Å²) in [6.07, 6.45) is 0.680. The summed E-state index contributed by atoms with van der Waals surface area (Å²) in [5.41, 5.74) is 4.06. The Kier molecular flexibility index (Phi) is 4.12. The topological polar surface area (TPSA) is 17.8 Å². The van der Waals surface area contributed by atoms with E-state index in [9.17, 15) is 0 Å². The molecule has 5 heteroatoms. The molecule has 0 aliphatic carbocycles. The molecule has 0 fully saturated rings. The molecule has 21 heavy (non-hydrogen) atoms. The lowest BCUT2D eigenvalue weighted by Crippen LogP contribution is -2.02. The van der Waals surface area contributed by atoms with Crippen LogP contribution in [0.1, 0.15) is 11.4 Å². The molecule has 3 rings (SSSR count). The highest BCUT2D eigenvalue weighted by atomic mass is 35.5. The number of nitrogens with zero attached hydrogens (tertiary/aromatic N) is 2. The molecule has 1 heterocycles. The van der Waals surface area contributed by atoms with E-state index in [0.717, 1.165) is 22.5 Å². The Balaban J connectivity index is 2.32. The van der Waals surface area contributed by atoms with Gasteiger partial charge in [0.1, 0.15) is 5.82 Å². The van der Waals surface area contributed by atoms with E-state index in [0.29, 0.717) is 22.3 Å². The van der Waals surface area contributed by atoms with Gasteiger partial charge in [0.15, 0.2) is 0 Å². The number of benzene rings is 2. The molecule has 0 unspecified atom stereocenters. The van der Waals surface area contributed by atoms with Gasteiger partial charge >= 0.3 is 0 Å². The minimum atomic E-state index is 0.511. The molecule has 0 spiro atoms. The van der Waals surface area contributed by atoms with Gasteiger partial charge in [-0.3, -0.25) is 4.57 Å². The van der Waals surface area contributed by atoms with E-state index in [1.54, 1.807) is 6.07 Å². The Bertz CT molecular complexity index is 788. The summed E-state index contributed by atoms with van der Waals surface area (Å²) in [5.74, 6) is 1.42. The predicted octanol–water partition coefficient (Wildman–Crippen LogP) is 5.42. The Hall–Kier alpha value is -1.22. The van der Waals surface area contributed by atoms with E-state index < -0.39 is 0 Å². The highest BCUT2D eigenvalue weighted by molar-refractivity contribution is 6.34. The molecule has 0 N–H and O–H groups in total. The first-order valence-corrected chi connectivity index (χ1v) is 7.88. The number of aromatic nitrogens is 2. The van der Waals surface area contributed by atoms with Gasteiger partial charge in [0.05, 0.1) is 16.7 Å². The van der Waals surface area contributed by atoms with Gasteiger partial charge < -0.3 is 0 Å². The second-order valence-corrected chi connectivity index (χ2v) is 6.17. The zero-order chi connectivity index (χ0) is 15.0. The van der Waals surface area contributed by atoms with E-state index in [1.165, 1.54) is 5.56 Å². The lowest BCUT2D eigenvalue weighted by molar-refractivity contribution is 0.912.